The molecule has 1 saturated heterocycles. The number of aromatic nitrogens is 2. The average Bonchev–Trinajstić information content (AvgIpc) is 2.36. The van der Waals surface area contributed by atoms with E-state index in [9.17, 15) is 19.4 Å². The van der Waals surface area contributed by atoms with Gasteiger partial charge in [-0.2, -0.15) is 4.98 Å². The molecular weight excluding hydrogens is 259 g/mol. The first-order chi connectivity index (χ1) is 8.90. The normalized spacial score (nSPS) is 31.4. The molecule has 0 saturated carbocycles. The van der Waals surface area contributed by atoms with Gasteiger partial charge in [0.2, 0.25) is 0 Å². The highest BCUT2D eigenvalue weighted by Crippen LogP contribution is 2.15. The van der Waals surface area contributed by atoms with Crippen LogP contribution >= 0.6 is 0 Å². The van der Waals surface area contributed by atoms with Crippen LogP contribution in [0.2, 0.25) is 0 Å². The largest absolute Gasteiger partial charge is 0.389 e. The van der Waals surface area contributed by atoms with Crippen molar-refractivity contribution in [2.75, 3.05) is 12.3 Å². The Morgan fingerprint density at radius 2 is 2.21 bits per heavy atom. The first-order valence-electron chi connectivity index (χ1n) is 5.66. The summed E-state index contributed by atoms with van der Waals surface area (Å²) in [5, 5.41) is 19.4. The van der Waals surface area contributed by atoms with Crippen molar-refractivity contribution in [3.05, 3.63) is 22.5 Å². The molecule has 6 N–H and O–H groups in total. The quantitative estimate of drug-likeness (QED) is 0.464. The topological polar surface area (TPSA) is 137 Å². The second-order valence-electron chi connectivity index (χ2n) is 4.43. The van der Waals surface area contributed by atoms with Crippen molar-refractivity contribution in [3.8, 4) is 0 Å². The number of nitrogens with zero attached hydrogens (tertiary/aromatic N) is 2. The second kappa shape index (κ2) is 5.21. The Hall–Kier alpha value is -1.55. The molecule has 1 fully saturated rings. The highest BCUT2D eigenvalue weighted by molar-refractivity contribution is 5.26. The van der Waals surface area contributed by atoms with Crippen LogP contribution < -0.4 is 17.2 Å². The summed E-state index contributed by atoms with van der Waals surface area (Å²) in [5.41, 5.74) is 9.89. The first-order valence-corrected chi connectivity index (χ1v) is 5.66. The summed E-state index contributed by atoms with van der Waals surface area (Å²) in [6.07, 6.45) is -2.43. The highest BCUT2D eigenvalue weighted by atomic mass is 19.1. The van der Waals surface area contributed by atoms with Gasteiger partial charge in [-0.25, -0.2) is 9.18 Å². The van der Waals surface area contributed by atoms with Gasteiger partial charge in [0, 0.05) is 6.20 Å². The van der Waals surface area contributed by atoms with Gasteiger partial charge in [-0.1, -0.05) is 0 Å². The lowest BCUT2D eigenvalue weighted by Crippen LogP contribution is -2.57. The fraction of sp³-hybridized carbons (Fsp3) is 0.600. The van der Waals surface area contributed by atoms with Gasteiger partial charge in [0.15, 0.2) is 11.6 Å². The minimum absolute atomic E-state index is 0.0303. The molecule has 0 amide bonds. The first kappa shape index (κ1) is 13.9. The fourth-order valence-corrected chi connectivity index (χ4v) is 1.87. The van der Waals surface area contributed by atoms with Crippen LogP contribution in [0.4, 0.5) is 10.2 Å². The summed E-state index contributed by atoms with van der Waals surface area (Å²) >= 11 is 0. The van der Waals surface area contributed by atoms with Gasteiger partial charge in [0.05, 0.1) is 25.3 Å². The van der Waals surface area contributed by atoms with E-state index in [1.165, 1.54) is 0 Å². The summed E-state index contributed by atoms with van der Waals surface area (Å²) in [6.45, 7) is -0.128. The monoisotopic (exact) mass is 274 g/mol. The third-order valence-corrected chi connectivity index (χ3v) is 3.02. The van der Waals surface area contributed by atoms with Crippen LogP contribution in [0.25, 0.3) is 0 Å². The smallest absolute Gasteiger partial charge is 0.349 e. The number of nitrogens with two attached hydrogens (primary N) is 2. The number of hydrogen-bond donors (Lipinski definition) is 4. The average molecular weight is 274 g/mol. The van der Waals surface area contributed by atoms with E-state index in [4.69, 9.17) is 16.2 Å². The molecule has 0 radical (unpaired) electrons. The molecule has 0 bridgehead atoms. The Balaban J connectivity index is 2.18. The van der Waals surface area contributed by atoms with Crippen LogP contribution in [-0.2, 0) is 11.3 Å². The van der Waals surface area contributed by atoms with E-state index < -0.39 is 41.7 Å². The Morgan fingerprint density at radius 3 is 2.89 bits per heavy atom. The van der Waals surface area contributed by atoms with Crippen molar-refractivity contribution in [1.82, 2.24) is 9.55 Å². The number of nitrogen functional groups attached to an aromatic ring is 1. The van der Waals surface area contributed by atoms with E-state index in [2.05, 4.69) is 4.98 Å². The van der Waals surface area contributed by atoms with E-state index in [0.717, 1.165) is 10.8 Å². The number of rotatable bonds is 2. The second-order valence-corrected chi connectivity index (χ2v) is 4.43. The standard InChI is InChI=1S/C10H15FN4O4/c11-4-1-15(10(18)14-9(4)13)2-6-8(17)7(16)5(12)3-19-6/h1,5-8,16-17H,2-3,12H2,(H2,13,14,18)/t5-,6-,7+,8-/m1/s1. The molecule has 0 aliphatic carbocycles. The van der Waals surface area contributed by atoms with Gasteiger partial charge < -0.3 is 26.4 Å². The predicted molar refractivity (Wildman–Crippen MR) is 62.6 cm³/mol. The maximum Gasteiger partial charge on any atom is 0.349 e. The van der Waals surface area contributed by atoms with Crippen LogP contribution in [-0.4, -0.2) is 50.7 Å². The molecule has 4 atom stereocenters. The van der Waals surface area contributed by atoms with E-state index in [0.29, 0.717) is 0 Å². The molecule has 8 nitrogen and oxygen atoms in total. The van der Waals surface area contributed by atoms with Crippen molar-refractivity contribution in [2.24, 2.45) is 5.73 Å². The molecule has 2 heterocycles. The molecule has 0 unspecified atom stereocenters. The van der Waals surface area contributed by atoms with Crippen LogP contribution in [0.5, 0.6) is 0 Å². The number of halogens is 1. The van der Waals surface area contributed by atoms with Crippen molar-refractivity contribution in [1.29, 1.82) is 0 Å². The Kier molecular flexibility index (Phi) is 3.80. The van der Waals surface area contributed by atoms with E-state index >= 15 is 0 Å². The Bertz CT molecular complexity index is 523. The highest BCUT2D eigenvalue weighted by Gasteiger charge is 2.36. The van der Waals surface area contributed by atoms with Crippen LogP contribution in [0.1, 0.15) is 0 Å². The van der Waals surface area contributed by atoms with Gasteiger partial charge in [-0.3, -0.25) is 4.57 Å². The van der Waals surface area contributed by atoms with E-state index in [-0.39, 0.29) is 13.2 Å². The zero-order valence-electron chi connectivity index (χ0n) is 9.94. The lowest BCUT2D eigenvalue weighted by Gasteiger charge is -2.36. The van der Waals surface area contributed by atoms with Crippen molar-refractivity contribution >= 4 is 5.82 Å². The molecule has 2 rings (SSSR count). The number of ether oxygens (including phenoxy) is 1. The third kappa shape index (κ3) is 2.73. The number of aliphatic hydroxyl groups excluding tert-OH is 2. The minimum Gasteiger partial charge on any atom is -0.389 e. The number of hydrogen-bond acceptors (Lipinski definition) is 7. The maximum atomic E-state index is 13.2. The molecular formula is C10H15FN4O4. The van der Waals surface area contributed by atoms with Crippen molar-refractivity contribution in [3.63, 3.8) is 0 Å². The van der Waals surface area contributed by atoms with E-state index in [1.807, 2.05) is 0 Å². The van der Waals surface area contributed by atoms with E-state index in [1.54, 1.807) is 0 Å². The van der Waals surface area contributed by atoms with Gasteiger partial charge in [0.25, 0.3) is 0 Å². The van der Waals surface area contributed by atoms with Crippen molar-refractivity contribution in [2.45, 2.75) is 30.9 Å². The molecule has 1 aromatic heterocycles. The molecule has 1 aliphatic rings. The molecule has 19 heavy (non-hydrogen) atoms. The summed E-state index contributed by atoms with van der Waals surface area (Å²) in [4.78, 5) is 14.8. The summed E-state index contributed by atoms with van der Waals surface area (Å²) in [7, 11) is 0. The van der Waals surface area contributed by atoms with Crippen LogP contribution in [0.3, 0.4) is 0 Å². The molecule has 106 valence electrons. The lowest BCUT2D eigenvalue weighted by molar-refractivity contribution is -0.148. The zero-order valence-corrected chi connectivity index (χ0v) is 9.94. The van der Waals surface area contributed by atoms with Gasteiger partial charge in [-0.15, -0.1) is 0 Å². The fourth-order valence-electron chi connectivity index (χ4n) is 1.87. The molecule has 1 aromatic rings. The van der Waals surface area contributed by atoms with Crippen LogP contribution in [0.15, 0.2) is 11.0 Å². The molecule has 1 aliphatic heterocycles. The van der Waals surface area contributed by atoms with Gasteiger partial charge >= 0.3 is 5.69 Å². The molecule has 0 aromatic carbocycles. The van der Waals surface area contributed by atoms with Crippen molar-refractivity contribution < 1.29 is 19.3 Å². The predicted octanol–water partition coefficient (Wildman–Crippen LogP) is -2.59. The summed E-state index contributed by atoms with van der Waals surface area (Å²) < 4.78 is 19.4. The SMILES string of the molecule is Nc1nc(=O)n(C[C@H]2OC[C@@H](N)[C@H](O)[C@@H]2O)cc1F. The maximum absolute atomic E-state index is 13.2. The molecule has 9 heteroatoms. The summed E-state index contributed by atoms with van der Waals surface area (Å²) in [5.74, 6) is -1.34. The number of aliphatic hydroxyl groups is 2. The summed E-state index contributed by atoms with van der Waals surface area (Å²) in [6, 6.07) is -0.704. The third-order valence-electron chi connectivity index (χ3n) is 3.02. The van der Waals surface area contributed by atoms with Gasteiger partial charge in [0.1, 0.15) is 12.2 Å². The lowest BCUT2D eigenvalue weighted by atomic mass is 9.99. The zero-order chi connectivity index (χ0) is 14.2. The minimum atomic E-state index is -1.27. The molecule has 0 spiro atoms. The Morgan fingerprint density at radius 1 is 1.53 bits per heavy atom. The van der Waals surface area contributed by atoms with Gasteiger partial charge in [-0.05, 0) is 0 Å². The Labute approximate surface area is 107 Å². The van der Waals surface area contributed by atoms with Crippen LogP contribution in [0, 0.1) is 5.82 Å². The number of anilines is 1.